The summed E-state index contributed by atoms with van der Waals surface area (Å²) in [5, 5.41) is 0. The Bertz CT molecular complexity index is 1130. The molecule has 30 heavy (non-hydrogen) atoms. The third kappa shape index (κ3) is 4.58. The molecule has 3 aromatic rings. The second-order valence-electron chi connectivity index (χ2n) is 6.48. The lowest BCUT2D eigenvalue weighted by molar-refractivity contribution is -0.113. The van der Waals surface area contributed by atoms with E-state index in [1.165, 1.54) is 47.0 Å². The summed E-state index contributed by atoms with van der Waals surface area (Å²) in [7, 11) is 0. The molecule has 3 nitrogen and oxygen atoms in total. The van der Waals surface area contributed by atoms with Crippen LogP contribution in [-0.4, -0.2) is 10.2 Å². The lowest BCUT2D eigenvalue weighted by Gasteiger charge is -2.14. The molecule has 1 fully saturated rings. The van der Waals surface area contributed by atoms with Crippen molar-refractivity contribution in [3.63, 3.8) is 0 Å². The lowest BCUT2D eigenvalue weighted by Crippen LogP contribution is -2.27. The van der Waals surface area contributed by atoms with Gasteiger partial charge in [0.2, 0.25) is 0 Å². The average Bonchev–Trinajstić information content (AvgIpc) is 3.01. The molecule has 1 aliphatic heterocycles. The molecule has 0 N–H and O–H groups in total. The Morgan fingerprint density at radius 2 is 1.70 bits per heavy atom. The number of hydrogen-bond acceptors (Lipinski definition) is 4. The average molecular weight is 440 g/mol. The van der Waals surface area contributed by atoms with E-state index in [0.717, 1.165) is 11.1 Å². The molecule has 0 saturated carbocycles. The molecule has 1 saturated heterocycles. The highest BCUT2D eigenvalue weighted by Crippen LogP contribution is 2.36. The first-order valence-corrected chi connectivity index (χ1v) is 10.2. The number of hydrogen-bond donors (Lipinski definition) is 0. The molecular formula is C23H15F2NO2S2. The summed E-state index contributed by atoms with van der Waals surface area (Å²) < 4.78 is 32.5. The van der Waals surface area contributed by atoms with Gasteiger partial charge in [0.1, 0.15) is 24.0 Å². The van der Waals surface area contributed by atoms with Crippen LogP contribution in [0, 0.1) is 11.6 Å². The van der Waals surface area contributed by atoms with Gasteiger partial charge < -0.3 is 4.74 Å². The summed E-state index contributed by atoms with van der Waals surface area (Å²) in [6, 6.07) is 19.1. The van der Waals surface area contributed by atoms with Gasteiger partial charge in [-0.05, 0) is 59.7 Å². The summed E-state index contributed by atoms with van der Waals surface area (Å²) in [4.78, 5) is 14.5. The minimum absolute atomic E-state index is 0.285. The van der Waals surface area contributed by atoms with Gasteiger partial charge in [-0.2, -0.15) is 0 Å². The molecule has 0 aliphatic carbocycles. The summed E-state index contributed by atoms with van der Waals surface area (Å²) >= 11 is 6.48. The number of thiocarbonyl (C=S) groups is 1. The summed E-state index contributed by atoms with van der Waals surface area (Å²) in [5.74, 6) is -0.344. The van der Waals surface area contributed by atoms with Gasteiger partial charge in [0.15, 0.2) is 4.32 Å². The summed E-state index contributed by atoms with van der Waals surface area (Å²) in [6.07, 6.45) is 1.74. The number of carbonyl (C=O) groups excluding carboxylic acids is 1. The SMILES string of the molecule is O=C1/C(=C\c2ccc(OCc3ccc(F)cc3)cc2)SC(=S)N1c1cccc(F)c1. The molecule has 0 spiro atoms. The molecule has 0 radical (unpaired) electrons. The van der Waals surface area contributed by atoms with Crippen LogP contribution in [0.5, 0.6) is 5.75 Å². The quantitative estimate of drug-likeness (QED) is 0.363. The van der Waals surface area contributed by atoms with Crippen molar-refractivity contribution < 1.29 is 18.3 Å². The number of amides is 1. The van der Waals surface area contributed by atoms with E-state index in [1.807, 2.05) is 12.1 Å². The smallest absolute Gasteiger partial charge is 0.270 e. The van der Waals surface area contributed by atoms with E-state index in [1.54, 1.807) is 36.4 Å². The van der Waals surface area contributed by atoms with E-state index in [4.69, 9.17) is 17.0 Å². The standard InChI is InChI=1S/C23H15F2NO2S2/c24-17-8-4-16(5-9-17)14-28-20-10-6-15(7-11-20)12-21-22(27)26(23(29)30-21)19-3-1-2-18(25)13-19/h1-13H,14H2/b21-12+. The van der Waals surface area contributed by atoms with E-state index < -0.39 is 5.82 Å². The van der Waals surface area contributed by atoms with E-state index in [2.05, 4.69) is 0 Å². The molecule has 150 valence electrons. The van der Waals surface area contributed by atoms with Crippen molar-refractivity contribution >= 4 is 46.0 Å². The Balaban J connectivity index is 1.45. The fraction of sp³-hybridized carbons (Fsp3) is 0.0435. The van der Waals surface area contributed by atoms with Crippen LogP contribution in [0.3, 0.4) is 0 Å². The fourth-order valence-electron chi connectivity index (χ4n) is 2.86. The molecule has 0 unspecified atom stereocenters. The number of rotatable bonds is 5. The zero-order valence-corrected chi connectivity index (χ0v) is 17.2. The van der Waals surface area contributed by atoms with E-state index in [0.29, 0.717) is 27.3 Å². The van der Waals surface area contributed by atoms with Gasteiger partial charge in [0.05, 0.1) is 10.6 Å². The molecule has 3 aromatic carbocycles. The highest BCUT2D eigenvalue weighted by atomic mass is 32.2. The van der Waals surface area contributed by atoms with Crippen molar-refractivity contribution in [3.8, 4) is 5.75 Å². The lowest BCUT2D eigenvalue weighted by atomic mass is 10.2. The first-order valence-electron chi connectivity index (χ1n) is 9.00. The monoisotopic (exact) mass is 439 g/mol. The second kappa shape index (κ2) is 8.77. The van der Waals surface area contributed by atoms with Crippen molar-refractivity contribution in [2.75, 3.05) is 4.90 Å². The highest BCUT2D eigenvalue weighted by molar-refractivity contribution is 8.27. The number of benzene rings is 3. The van der Waals surface area contributed by atoms with Crippen LogP contribution in [0.25, 0.3) is 6.08 Å². The molecule has 0 aromatic heterocycles. The Labute approximate surface area is 182 Å². The molecule has 0 bridgehead atoms. The number of nitrogens with zero attached hydrogens (tertiary/aromatic N) is 1. The molecule has 4 rings (SSSR count). The number of ether oxygens (including phenoxy) is 1. The predicted molar refractivity (Wildman–Crippen MR) is 119 cm³/mol. The van der Waals surface area contributed by atoms with Gasteiger partial charge >= 0.3 is 0 Å². The summed E-state index contributed by atoms with van der Waals surface area (Å²) in [5.41, 5.74) is 2.08. The van der Waals surface area contributed by atoms with Gasteiger partial charge in [-0.1, -0.05) is 54.3 Å². The normalized spacial score (nSPS) is 15.1. The van der Waals surface area contributed by atoms with Crippen LogP contribution in [0.15, 0.2) is 77.7 Å². The topological polar surface area (TPSA) is 29.5 Å². The Hall–Kier alpha value is -3.03. The molecule has 1 amide bonds. The van der Waals surface area contributed by atoms with E-state index >= 15 is 0 Å². The zero-order chi connectivity index (χ0) is 21.1. The highest BCUT2D eigenvalue weighted by Gasteiger charge is 2.33. The summed E-state index contributed by atoms with van der Waals surface area (Å²) in [6.45, 7) is 0.325. The minimum atomic E-state index is -0.429. The van der Waals surface area contributed by atoms with Gasteiger partial charge in [-0.15, -0.1) is 0 Å². The third-order valence-electron chi connectivity index (χ3n) is 4.36. The van der Waals surface area contributed by atoms with Gasteiger partial charge in [0.25, 0.3) is 5.91 Å². The van der Waals surface area contributed by atoms with Gasteiger partial charge in [-0.3, -0.25) is 9.69 Å². The van der Waals surface area contributed by atoms with Crippen molar-refractivity contribution in [2.24, 2.45) is 0 Å². The van der Waals surface area contributed by atoms with Crippen LogP contribution in [-0.2, 0) is 11.4 Å². The molecular weight excluding hydrogens is 424 g/mol. The van der Waals surface area contributed by atoms with Crippen LogP contribution >= 0.6 is 24.0 Å². The Morgan fingerprint density at radius 1 is 0.967 bits per heavy atom. The maximum Gasteiger partial charge on any atom is 0.270 e. The Kier molecular flexibility index (Phi) is 5.92. The third-order valence-corrected chi connectivity index (χ3v) is 5.66. The predicted octanol–water partition coefficient (Wildman–Crippen LogP) is 5.95. The largest absolute Gasteiger partial charge is 0.489 e. The number of carbonyl (C=O) groups is 1. The number of anilines is 1. The van der Waals surface area contributed by atoms with E-state index in [9.17, 15) is 13.6 Å². The fourth-order valence-corrected chi connectivity index (χ4v) is 4.16. The maximum atomic E-state index is 13.5. The van der Waals surface area contributed by atoms with Crippen molar-refractivity contribution in [3.05, 3.63) is 100 Å². The minimum Gasteiger partial charge on any atom is -0.489 e. The van der Waals surface area contributed by atoms with Crippen LogP contribution < -0.4 is 9.64 Å². The van der Waals surface area contributed by atoms with Crippen LogP contribution in [0.1, 0.15) is 11.1 Å². The van der Waals surface area contributed by atoms with Crippen LogP contribution in [0.2, 0.25) is 0 Å². The molecule has 1 heterocycles. The molecule has 1 aliphatic rings. The van der Waals surface area contributed by atoms with Gasteiger partial charge in [0, 0.05) is 0 Å². The zero-order valence-electron chi connectivity index (χ0n) is 15.5. The first kappa shape index (κ1) is 20.3. The second-order valence-corrected chi connectivity index (χ2v) is 8.16. The van der Waals surface area contributed by atoms with Crippen molar-refractivity contribution in [2.45, 2.75) is 6.61 Å². The van der Waals surface area contributed by atoms with Gasteiger partial charge in [-0.25, -0.2) is 8.78 Å². The van der Waals surface area contributed by atoms with E-state index in [-0.39, 0.29) is 11.7 Å². The maximum absolute atomic E-state index is 13.5. The van der Waals surface area contributed by atoms with Crippen LogP contribution in [0.4, 0.5) is 14.5 Å². The van der Waals surface area contributed by atoms with Crippen molar-refractivity contribution in [1.82, 2.24) is 0 Å². The first-order chi connectivity index (χ1) is 14.5. The number of halogens is 2. The Morgan fingerprint density at radius 3 is 2.40 bits per heavy atom. The van der Waals surface area contributed by atoms with Crippen molar-refractivity contribution in [1.29, 1.82) is 0 Å². The number of thioether (sulfide) groups is 1. The molecule has 7 heteroatoms. The molecule has 0 atom stereocenters.